The number of sulfonamides is 1. The number of anilines is 1. The molecule has 11 heteroatoms. The summed E-state index contributed by atoms with van der Waals surface area (Å²) in [5, 5.41) is 10.2. The zero-order valence-electron chi connectivity index (χ0n) is 16.4. The Morgan fingerprint density at radius 3 is 2.59 bits per heavy atom. The third-order valence-electron chi connectivity index (χ3n) is 4.46. The van der Waals surface area contributed by atoms with E-state index in [-0.39, 0.29) is 27.8 Å². The Hall–Kier alpha value is -1.92. The predicted molar refractivity (Wildman–Crippen MR) is 110 cm³/mol. The second-order valence-corrected chi connectivity index (χ2v) is 9.92. The molecule has 1 aromatic carbocycles. The Labute approximate surface area is 174 Å². The molecule has 1 aliphatic rings. The fourth-order valence-corrected chi connectivity index (χ4v) is 4.69. The Morgan fingerprint density at radius 2 is 1.90 bits per heavy atom. The molecular weight excluding hydrogens is 414 g/mol. The van der Waals surface area contributed by atoms with Crippen LogP contribution in [-0.4, -0.2) is 55.7 Å². The van der Waals surface area contributed by atoms with Crippen LogP contribution < -0.4 is 10.0 Å². The highest BCUT2D eigenvalue weighted by atomic mass is 32.2. The number of rotatable bonds is 8. The molecule has 1 fully saturated rings. The van der Waals surface area contributed by atoms with Crippen molar-refractivity contribution in [2.45, 2.75) is 31.3 Å². The molecule has 3 rings (SSSR count). The van der Waals surface area contributed by atoms with Crippen LogP contribution in [0.5, 0.6) is 0 Å². The molecule has 1 saturated heterocycles. The van der Waals surface area contributed by atoms with Gasteiger partial charge >= 0.3 is 0 Å². The molecule has 0 unspecified atom stereocenters. The van der Waals surface area contributed by atoms with E-state index in [9.17, 15) is 13.2 Å². The lowest BCUT2D eigenvalue weighted by molar-refractivity contribution is -0.118. The lowest BCUT2D eigenvalue weighted by Crippen LogP contribution is -2.36. The van der Waals surface area contributed by atoms with Gasteiger partial charge < -0.3 is 10.1 Å². The third kappa shape index (κ3) is 6.03. The van der Waals surface area contributed by atoms with Gasteiger partial charge in [0.1, 0.15) is 0 Å². The van der Waals surface area contributed by atoms with E-state index in [1.165, 1.54) is 0 Å². The number of amides is 1. The summed E-state index contributed by atoms with van der Waals surface area (Å²) in [4.78, 5) is 14.0. The molecule has 0 spiro atoms. The maximum Gasteiger partial charge on any atom is 0.270 e. The van der Waals surface area contributed by atoms with Gasteiger partial charge in [0.25, 0.3) is 10.0 Å². The lowest BCUT2D eigenvalue weighted by atomic mass is 10.1. The summed E-state index contributed by atoms with van der Waals surface area (Å²) in [5.41, 5.74) is 1.97. The van der Waals surface area contributed by atoms with Gasteiger partial charge in [0.05, 0.1) is 13.2 Å². The van der Waals surface area contributed by atoms with Crippen molar-refractivity contribution in [3.05, 3.63) is 35.4 Å². The minimum atomic E-state index is -3.83. The van der Waals surface area contributed by atoms with Crippen molar-refractivity contribution in [1.29, 1.82) is 0 Å². The summed E-state index contributed by atoms with van der Waals surface area (Å²) < 4.78 is 33.0. The van der Waals surface area contributed by atoms with Gasteiger partial charge in [0.2, 0.25) is 15.4 Å². The number of benzene rings is 1. The number of aromatic nitrogens is 2. The van der Waals surface area contributed by atoms with E-state index in [4.69, 9.17) is 4.74 Å². The maximum absolute atomic E-state index is 12.6. The van der Waals surface area contributed by atoms with Crippen LogP contribution in [0.15, 0.2) is 28.6 Å². The molecule has 0 radical (unpaired) electrons. The van der Waals surface area contributed by atoms with Gasteiger partial charge in [-0.25, -0.2) is 13.1 Å². The minimum Gasteiger partial charge on any atom is -0.379 e. The quantitative estimate of drug-likeness (QED) is 0.598. The smallest absolute Gasteiger partial charge is 0.270 e. The van der Waals surface area contributed by atoms with E-state index in [0.29, 0.717) is 13.2 Å². The van der Waals surface area contributed by atoms with Crippen molar-refractivity contribution in [3.8, 4) is 0 Å². The van der Waals surface area contributed by atoms with Gasteiger partial charge in [0, 0.05) is 32.1 Å². The van der Waals surface area contributed by atoms with Crippen LogP contribution in [0.2, 0.25) is 0 Å². The van der Waals surface area contributed by atoms with E-state index < -0.39 is 10.0 Å². The number of carbonyl (C=O) groups excluding carboxylic acids is 1. The number of hydrogen-bond donors (Lipinski definition) is 2. The highest BCUT2D eigenvalue weighted by molar-refractivity contribution is 7.91. The molecule has 2 aromatic rings. The number of morpholine rings is 1. The SMILES string of the molecule is CC(C)C(=O)Nc1nnc(S(=O)(=O)NCc2ccccc2CN2CCOCC2)s1. The molecule has 1 amide bonds. The van der Waals surface area contributed by atoms with E-state index in [2.05, 4.69) is 25.1 Å². The summed E-state index contributed by atoms with van der Waals surface area (Å²) in [5.74, 6) is -0.477. The number of nitrogens with zero attached hydrogens (tertiary/aromatic N) is 3. The molecule has 1 aromatic heterocycles. The summed E-state index contributed by atoms with van der Waals surface area (Å²) in [6, 6.07) is 7.75. The first-order chi connectivity index (χ1) is 13.8. The summed E-state index contributed by atoms with van der Waals surface area (Å²) in [6.45, 7) is 7.50. The van der Waals surface area contributed by atoms with Gasteiger partial charge in [-0.15, -0.1) is 10.2 Å². The van der Waals surface area contributed by atoms with Crippen molar-refractivity contribution >= 4 is 32.4 Å². The molecule has 29 heavy (non-hydrogen) atoms. The second kappa shape index (κ2) is 9.72. The van der Waals surface area contributed by atoms with E-state index in [0.717, 1.165) is 42.1 Å². The Morgan fingerprint density at radius 1 is 1.21 bits per heavy atom. The number of nitrogens with one attached hydrogen (secondary N) is 2. The monoisotopic (exact) mass is 439 g/mol. The average molecular weight is 440 g/mol. The van der Waals surface area contributed by atoms with Crippen LogP contribution in [0.3, 0.4) is 0 Å². The van der Waals surface area contributed by atoms with Crippen molar-refractivity contribution in [1.82, 2.24) is 19.8 Å². The van der Waals surface area contributed by atoms with Gasteiger partial charge in [-0.2, -0.15) is 0 Å². The minimum absolute atomic E-state index is 0.149. The van der Waals surface area contributed by atoms with Crippen molar-refractivity contribution in [3.63, 3.8) is 0 Å². The van der Waals surface area contributed by atoms with Crippen LogP contribution in [0.1, 0.15) is 25.0 Å². The Balaban J connectivity index is 1.65. The molecule has 9 nitrogen and oxygen atoms in total. The summed E-state index contributed by atoms with van der Waals surface area (Å²) >= 11 is 0.827. The average Bonchev–Trinajstić information content (AvgIpc) is 3.17. The highest BCUT2D eigenvalue weighted by Crippen LogP contribution is 2.21. The van der Waals surface area contributed by atoms with Crippen LogP contribution >= 0.6 is 11.3 Å². The molecule has 2 N–H and O–H groups in total. The highest BCUT2D eigenvalue weighted by Gasteiger charge is 2.22. The lowest BCUT2D eigenvalue weighted by Gasteiger charge is -2.27. The van der Waals surface area contributed by atoms with Gasteiger partial charge in [0.15, 0.2) is 0 Å². The van der Waals surface area contributed by atoms with Crippen LogP contribution in [0.4, 0.5) is 5.13 Å². The van der Waals surface area contributed by atoms with E-state index in [1.807, 2.05) is 24.3 Å². The molecule has 2 heterocycles. The van der Waals surface area contributed by atoms with Gasteiger partial charge in [-0.3, -0.25) is 9.69 Å². The normalized spacial score (nSPS) is 15.6. The van der Waals surface area contributed by atoms with Crippen LogP contribution in [-0.2, 0) is 32.6 Å². The Bertz CT molecular complexity index is 939. The number of hydrogen-bond acceptors (Lipinski definition) is 8. The van der Waals surface area contributed by atoms with Crippen molar-refractivity contribution in [2.24, 2.45) is 5.92 Å². The topological polar surface area (TPSA) is 114 Å². The predicted octanol–water partition coefficient (Wildman–Crippen LogP) is 1.44. The molecule has 158 valence electrons. The van der Waals surface area contributed by atoms with Gasteiger partial charge in [-0.05, 0) is 11.1 Å². The van der Waals surface area contributed by atoms with Crippen molar-refractivity contribution < 1.29 is 17.9 Å². The molecular formula is C18H25N5O4S2. The molecule has 0 aliphatic carbocycles. The van der Waals surface area contributed by atoms with Crippen LogP contribution in [0, 0.1) is 5.92 Å². The molecule has 1 aliphatic heterocycles. The summed E-state index contributed by atoms with van der Waals surface area (Å²) in [7, 11) is -3.83. The standard InChI is InChI=1S/C18H25N5O4S2/c1-13(2)16(24)20-17-21-22-18(28-17)29(25,26)19-11-14-5-3-4-6-15(14)12-23-7-9-27-10-8-23/h3-6,13,19H,7-12H2,1-2H3,(H,20,21,24). The third-order valence-corrected chi connectivity index (χ3v) is 7.07. The number of carbonyl (C=O) groups is 1. The fourth-order valence-electron chi connectivity index (χ4n) is 2.74. The van der Waals surface area contributed by atoms with Crippen molar-refractivity contribution in [2.75, 3.05) is 31.6 Å². The molecule has 0 saturated carbocycles. The summed E-state index contributed by atoms with van der Waals surface area (Å²) in [6.07, 6.45) is 0. The first-order valence-corrected chi connectivity index (χ1v) is 11.7. The van der Waals surface area contributed by atoms with E-state index in [1.54, 1.807) is 13.8 Å². The molecule has 0 atom stereocenters. The zero-order chi connectivity index (χ0) is 20.9. The fraction of sp³-hybridized carbons (Fsp3) is 0.500. The van der Waals surface area contributed by atoms with Crippen LogP contribution in [0.25, 0.3) is 0 Å². The maximum atomic E-state index is 12.6. The van der Waals surface area contributed by atoms with E-state index >= 15 is 0 Å². The first-order valence-electron chi connectivity index (χ1n) is 9.36. The number of ether oxygens (including phenoxy) is 1. The zero-order valence-corrected chi connectivity index (χ0v) is 18.1. The largest absolute Gasteiger partial charge is 0.379 e. The Kier molecular flexibility index (Phi) is 7.30. The first kappa shape index (κ1) is 21.8. The van der Waals surface area contributed by atoms with Gasteiger partial charge in [-0.1, -0.05) is 49.4 Å². The molecule has 0 bridgehead atoms. The second-order valence-electron chi connectivity index (χ2n) is 7.00.